The van der Waals surface area contributed by atoms with Gasteiger partial charge in [-0.1, -0.05) is 11.6 Å². The molecule has 0 amide bonds. The highest BCUT2D eigenvalue weighted by molar-refractivity contribution is 6.30. The second-order valence-corrected chi connectivity index (χ2v) is 4.95. The van der Waals surface area contributed by atoms with Crippen molar-refractivity contribution in [2.45, 2.75) is 0 Å². The van der Waals surface area contributed by atoms with Crippen LogP contribution in [0.4, 0.5) is 9.18 Å². The minimum Gasteiger partial charge on any atom is -0.449 e. The van der Waals surface area contributed by atoms with Gasteiger partial charge in [-0.05, 0) is 30.3 Å². The van der Waals surface area contributed by atoms with Crippen LogP contribution in [0, 0.1) is 5.82 Å². The molecule has 0 saturated heterocycles. The SMILES string of the molecule is O=C(O)Oc1cc(-c2cc(F)cc(Cl)c2)n(-c2ccncc2)n1. The van der Waals surface area contributed by atoms with Gasteiger partial charge < -0.3 is 9.84 Å². The van der Waals surface area contributed by atoms with Crippen LogP contribution in [0.15, 0.2) is 48.8 Å². The van der Waals surface area contributed by atoms with Crippen molar-refractivity contribution >= 4 is 17.8 Å². The van der Waals surface area contributed by atoms with Gasteiger partial charge >= 0.3 is 6.16 Å². The number of aromatic nitrogens is 3. The average Bonchev–Trinajstić information content (AvgIpc) is 2.90. The number of ether oxygens (including phenoxy) is 1. The molecule has 2 aromatic heterocycles. The molecule has 1 aromatic carbocycles. The normalized spacial score (nSPS) is 10.5. The minimum atomic E-state index is -1.49. The summed E-state index contributed by atoms with van der Waals surface area (Å²) in [5.41, 5.74) is 1.46. The molecular formula is C15H9ClFN3O3. The molecule has 8 heteroatoms. The third kappa shape index (κ3) is 3.29. The van der Waals surface area contributed by atoms with Crippen LogP contribution in [-0.2, 0) is 0 Å². The number of hydrogen-bond acceptors (Lipinski definition) is 4. The van der Waals surface area contributed by atoms with E-state index >= 15 is 0 Å². The van der Waals surface area contributed by atoms with Crippen molar-refractivity contribution in [3.8, 4) is 22.8 Å². The molecule has 3 rings (SSSR count). The molecule has 0 atom stereocenters. The van der Waals surface area contributed by atoms with Crippen molar-refractivity contribution in [2.24, 2.45) is 0 Å². The summed E-state index contributed by atoms with van der Waals surface area (Å²) in [6.07, 6.45) is 1.61. The van der Waals surface area contributed by atoms with Gasteiger partial charge in [0.05, 0.1) is 11.4 Å². The molecule has 0 spiro atoms. The fourth-order valence-electron chi connectivity index (χ4n) is 2.09. The Morgan fingerprint density at radius 3 is 2.61 bits per heavy atom. The number of rotatable bonds is 3. The van der Waals surface area contributed by atoms with E-state index in [1.54, 1.807) is 30.6 Å². The van der Waals surface area contributed by atoms with E-state index < -0.39 is 12.0 Å². The number of hydrogen-bond donors (Lipinski definition) is 1. The molecule has 0 radical (unpaired) electrons. The topological polar surface area (TPSA) is 77.2 Å². The Kier molecular flexibility index (Phi) is 3.94. The van der Waals surface area contributed by atoms with Gasteiger partial charge in [0, 0.05) is 29.0 Å². The molecule has 6 nitrogen and oxygen atoms in total. The highest BCUT2D eigenvalue weighted by Crippen LogP contribution is 2.29. The van der Waals surface area contributed by atoms with Gasteiger partial charge in [0.2, 0.25) is 5.88 Å². The zero-order chi connectivity index (χ0) is 16.4. The minimum absolute atomic E-state index is 0.135. The molecule has 1 N–H and O–H groups in total. The largest absolute Gasteiger partial charge is 0.512 e. The number of carboxylic acid groups (broad SMARTS) is 1. The first kappa shape index (κ1) is 15.0. The van der Waals surface area contributed by atoms with Gasteiger partial charge in [-0.3, -0.25) is 4.98 Å². The van der Waals surface area contributed by atoms with Gasteiger partial charge in [0.15, 0.2) is 0 Å². The van der Waals surface area contributed by atoms with Crippen molar-refractivity contribution in [1.29, 1.82) is 0 Å². The van der Waals surface area contributed by atoms with Crippen molar-refractivity contribution in [1.82, 2.24) is 14.8 Å². The van der Waals surface area contributed by atoms with Crippen LogP contribution in [0.1, 0.15) is 0 Å². The highest BCUT2D eigenvalue weighted by atomic mass is 35.5. The number of pyridine rings is 1. The first-order valence-corrected chi connectivity index (χ1v) is 6.78. The second-order valence-electron chi connectivity index (χ2n) is 4.51. The van der Waals surface area contributed by atoms with E-state index in [1.165, 1.54) is 22.9 Å². The van der Waals surface area contributed by atoms with E-state index in [0.717, 1.165) is 0 Å². The number of halogens is 2. The van der Waals surface area contributed by atoms with Gasteiger partial charge in [-0.15, -0.1) is 5.10 Å². The van der Waals surface area contributed by atoms with Crippen LogP contribution in [0.3, 0.4) is 0 Å². The molecule has 0 saturated carbocycles. The van der Waals surface area contributed by atoms with Gasteiger partial charge in [-0.25, -0.2) is 13.9 Å². The van der Waals surface area contributed by atoms with E-state index in [2.05, 4.69) is 14.8 Å². The fraction of sp³-hybridized carbons (Fsp3) is 0. The molecule has 116 valence electrons. The van der Waals surface area contributed by atoms with Gasteiger partial charge in [0.25, 0.3) is 0 Å². The predicted octanol–water partition coefficient (Wildman–Crippen LogP) is 3.78. The first-order valence-electron chi connectivity index (χ1n) is 6.40. The van der Waals surface area contributed by atoms with Crippen LogP contribution < -0.4 is 4.74 Å². The summed E-state index contributed by atoms with van der Waals surface area (Å²) in [7, 11) is 0. The van der Waals surface area contributed by atoms with Gasteiger partial charge in [-0.2, -0.15) is 0 Å². The molecule has 0 fully saturated rings. The summed E-state index contributed by atoms with van der Waals surface area (Å²) in [5, 5.41) is 13.0. The third-order valence-electron chi connectivity index (χ3n) is 2.94. The van der Waals surface area contributed by atoms with Crippen LogP contribution >= 0.6 is 11.6 Å². The molecule has 0 aliphatic heterocycles. The maximum Gasteiger partial charge on any atom is 0.512 e. The van der Waals surface area contributed by atoms with Crippen molar-refractivity contribution in [2.75, 3.05) is 0 Å². The monoisotopic (exact) mass is 333 g/mol. The van der Waals surface area contributed by atoms with Crippen molar-refractivity contribution in [3.63, 3.8) is 0 Å². The highest BCUT2D eigenvalue weighted by Gasteiger charge is 2.15. The fourth-order valence-corrected chi connectivity index (χ4v) is 2.31. The van der Waals surface area contributed by atoms with Crippen molar-refractivity contribution in [3.05, 3.63) is 59.6 Å². The Labute approximate surface area is 134 Å². The Morgan fingerprint density at radius 1 is 1.22 bits per heavy atom. The van der Waals surface area contributed by atoms with E-state index in [0.29, 0.717) is 16.9 Å². The Bertz CT molecular complexity index is 847. The molecule has 0 aliphatic carbocycles. The zero-order valence-corrected chi connectivity index (χ0v) is 12.2. The average molecular weight is 334 g/mol. The number of carbonyl (C=O) groups is 1. The molecule has 0 unspecified atom stereocenters. The smallest absolute Gasteiger partial charge is 0.449 e. The van der Waals surface area contributed by atoms with E-state index in [4.69, 9.17) is 16.7 Å². The Morgan fingerprint density at radius 2 is 1.96 bits per heavy atom. The van der Waals surface area contributed by atoms with Crippen LogP contribution in [0.25, 0.3) is 16.9 Å². The lowest BCUT2D eigenvalue weighted by atomic mass is 10.1. The summed E-state index contributed by atoms with van der Waals surface area (Å²) in [6.45, 7) is 0. The second kappa shape index (κ2) is 6.05. The summed E-state index contributed by atoms with van der Waals surface area (Å²) in [4.78, 5) is 14.6. The molecule has 3 aromatic rings. The van der Waals surface area contributed by atoms with E-state index in [1.807, 2.05) is 0 Å². The lowest BCUT2D eigenvalue weighted by Crippen LogP contribution is -2.04. The Balaban J connectivity index is 2.17. The molecule has 23 heavy (non-hydrogen) atoms. The Hall–Kier alpha value is -2.93. The predicted molar refractivity (Wildman–Crippen MR) is 80.4 cm³/mol. The maximum atomic E-state index is 13.6. The van der Waals surface area contributed by atoms with Crippen LogP contribution in [0.2, 0.25) is 5.02 Å². The molecular weight excluding hydrogens is 325 g/mol. The van der Waals surface area contributed by atoms with Crippen LogP contribution in [0.5, 0.6) is 5.88 Å². The standard InChI is InChI=1S/C15H9ClFN3O3/c16-10-5-9(6-11(17)7-10)13-8-14(23-15(21)22)19-20(13)12-1-3-18-4-2-12/h1-8H,(H,21,22). The molecule has 0 aliphatic rings. The summed E-state index contributed by atoms with van der Waals surface area (Å²) in [5.74, 6) is -0.652. The van der Waals surface area contributed by atoms with E-state index in [9.17, 15) is 9.18 Å². The van der Waals surface area contributed by atoms with E-state index in [-0.39, 0.29) is 10.9 Å². The first-order chi connectivity index (χ1) is 11.0. The zero-order valence-electron chi connectivity index (χ0n) is 11.5. The summed E-state index contributed by atoms with van der Waals surface area (Å²) < 4.78 is 19.6. The number of nitrogens with zero attached hydrogens (tertiary/aromatic N) is 3. The van der Waals surface area contributed by atoms with Gasteiger partial charge in [0.1, 0.15) is 5.82 Å². The summed E-state index contributed by atoms with van der Waals surface area (Å²) in [6, 6.07) is 8.71. The molecule has 0 bridgehead atoms. The van der Waals surface area contributed by atoms with Crippen molar-refractivity contribution < 1.29 is 19.0 Å². The number of benzene rings is 1. The maximum absolute atomic E-state index is 13.6. The lowest BCUT2D eigenvalue weighted by molar-refractivity contribution is 0.142. The summed E-state index contributed by atoms with van der Waals surface area (Å²) >= 11 is 5.88. The third-order valence-corrected chi connectivity index (χ3v) is 3.16. The quantitative estimate of drug-likeness (QED) is 0.738. The lowest BCUT2D eigenvalue weighted by Gasteiger charge is -2.07. The van der Waals surface area contributed by atoms with Crippen LogP contribution in [-0.4, -0.2) is 26.0 Å². The molecule has 2 heterocycles.